The third-order valence-corrected chi connectivity index (χ3v) is 2.26. The Morgan fingerprint density at radius 3 is 2.58 bits per heavy atom. The molecule has 0 bridgehead atoms. The Kier molecular flexibility index (Phi) is 3.10. The van der Waals surface area contributed by atoms with E-state index in [1.165, 1.54) is 30.1 Å². The van der Waals surface area contributed by atoms with Crippen LogP contribution in [0.5, 0.6) is 0 Å². The van der Waals surface area contributed by atoms with Gasteiger partial charge in [0, 0.05) is 0 Å². The van der Waals surface area contributed by atoms with Gasteiger partial charge in [-0.05, 0) is 12.1 Å². The number of aromatic nitrogens is 4. The first-order valence-electron chi connectivity index (χ1n) is 5.10. The Bertz CT molecular complexity index is 633. The molecular weight excluding hydrogens is 252 g/mol. The molecular formula is C10H10N6O3. The summed E-state index contributed by atoms with van der Waals surface area (Å²) >= 11 is 0. The maximum absolute atomic E-state index is 11.3. The number of carbonyl (C=O) groups excluding carboxylic acids is 2. The summed E-state index contributed by atoms with van der Waals surface area (Å²) in [5.41, 5.74) is 10.8. The number of carbonyl (C=O) groups is 2. The summed E-state index contributed by atoms with van der Waals surface area (Å²) < 4.78 is 5.77. The number of nitrogens with two attached hydrogens (primary N) is 2. The Morgan fingerprint density at radius 1 is 1.32 bits per heavy atom. The number of nitrogens with zero attached hydrogens (tertiary/aromatic N) is 4. The van der Waals surface area contributed by atoms with Crippen molar-refractivity contribution in [3.63, 3.8) is 0 Å². The van der Waals surface area contributed by atoms with Crippen molar-refractivity contribution in [2.75, 3.05) is 12.8 Å². The van der Waals surface area contributed by atoms with Crippen molar-refractivity contribution in [3.05, 3.63) is 29.7 Å². The minimum Gasteiger partial charge on any atom is -0.464 e. The normalized spacial score (nSPS) is 10.2. The first-order valence-corrected chi connectivity index (χ1v) is 5.10. The zero-order valence-corrected chi connectivity index (χ0v) is 9.90. The molecule has 0 aliphatic heterocycles. The van der Waals surface area contributed by atoms with E-state index in [0.717, 1.165) is 0 Å². The van der Waals surface area contributed by atoms with Gasteiger partial charge in [-0.3, -0.25) is 4.79 Å². The number of nitrogen functional groups attached to an aromatic ring is 1. The molecule has 0 aromatic carbocycles. The van der Waals surface area contributed by atoms with E-state index in [1.54, 1.807) is 0 Å². The molecule has 2 heterocycles. The first-order chi connectivity index (χ1) is 9.02. The number of methoxy groups -OCH3 is 1. The van der Waals surface area contributed by atoms with Gasteiger partial charge in [-0.2, -0.15) is 5.10 Å². The number of rotatable bonds is 3. The smallest absolute Gasteiger partial charge is 0.360 e. The van der Waals surface area contributed by atoms with Gasteiger partial charge in [-0.25, -0.2) is 9.48 Å². The fourth-order valence-corrected chi connectivity index (χ4v) is 1.34. The number of ether oxygens (including phenoxy) is 1. The zero-order valence-electron chi connectivity index (χ0n) is 9.90. The minimum absolute atomic E-state index is 0.0247. The lowest BCUT2D eigenvalue weighted by Gasteiger charge is -1.99. The van der Waals surface area contributed by atoms with Gasteiger partial charge in [0.1, 0.15) is 0 Å². The van der Waals surface area contributed by atoms with E-state index in [-0.39, 0.29) is 22.9 Å². The summed E-state index contributed by atoms with van der Waals surface area (Å²) in [4.78, 5) is 22.2. The number of esters is 1. The van der Waals surface area contributed by atoms with Gasteiger partial charge in [-0.1, -0.05) is 0 Å². The predicted octanol–water partition coefficient (Wildman–Crippen LogP) is -0.870. The Labute approximate surface area is 107 Å². The zero-order chi connectivity index (χ0) is 14.0. The van der Waals surface area contributed by atoms with Gasteiger partial charge in [0.25, 0.3) is 5.91 Å². The molecule has 0 unspecified atom stereocenters. The number of hydrogen-bond donors (Lipinski definition) is 2. The van der Waals surface area contributed by atoms with E-state index in [9.17, 15) is 9.59 Å². The molecule has 0 radical (unpaired) electrons. The van der Waals surface area contributed by atoms with E-state index < -0.39 is 11.9 Å². The van der Waals surface area contributed by atoms with Gasteiger partial charge in [-0.15, -0.1) is 10.2 Å². The lowest BCUT2D eigenvalue weighted by molar-refractivity contribution is 0.0594. The van der Waals surface area contributed by atoms with Crippen molar-refractivity contribution in [3.8, 4) is 5.82 Å². The van der Waals surface area contributed by atoms with Crippen molar-refractivity contribution in [1.29, 1.82) is 0 Å². The van der Waals surface area contributed by atoms with Gasteiger partial charge in [0.15, 0.2) is 17.2 Å². The summed E-state index contributed by atoms with van der Waals surface area (Å²) in [5.74, 6) is -1.06. The van der Waals surface area contributed by atoms with Crippen molar-refractivity contribution in [1.82, 2.24) is 20.0 Å². The maximum atomic E-state index is 11.3. The SMILES string of the molecule is COC(=O)c1nn(-c2ccc(C(N)=O)nn2)cc1N. The van der Waals surface area contributed by atoms with Crippen molar-refractivity contribution in [2.45, 2.75) is 0 Å². The number of anilines is 1. The number of amides is 1. The molecule has 9 heteroatoms. The third kappa shape index (κ3) is 2.34. The molecule has 0 saturated heterocycles. The quantitative estimate of drug-likeness (QED) is 0.685. The molecule has 0 aliphatic rings. The van der Waals surface area contributed by atoms with Crippen LogP contribution in [0.1, 0.15) is 21.0 Å². The fraction of sp³-hybridized carbons (Fsp3) is 0.100. The van der Waals surface area contributed by atoms with Gasteiger partial charge in [0.2, 0.25) is 0 Å². The van der Waals surface area contributed by atoms with Gasteiger partial charge in [0.05, 0.1) is 19.0 Å². The standard InChI is InChI=1S/C10H10N6O3/c1-19-10(18)8-5(11)4-16(15-8)7-3-2-6(9(12)17)13-14-7/h2-4H,11H2,1H3,(H2,12,17). The van der Waals surface area contributed by atoms with Crippen LogP contribution in [0.4, 0.5) is 5.69 Å². The maximum Gasteiger partial charge on any atom is 0.360 e. The summed E-state index contributed by atoms with van der Waals surface area (Å²) in [6.45, 7) is 0. The van der Waals surface area contributed by atoms with Crippen LogP contribution >= 0.6 is 0 Å². The van der Waals surface area contributed by atoms with E-state index in [1.807, 2.05) is 0 Å². The number of primary amides is 1. The summed E-state index contributed by atoms with van der Waals surface area (Å²) in [6.07, 6.45) is 1.39. The van der Waals surface area contributed by atoms with E-state index >= 15 is 0 Å². The van der Waals surface area contributed by atoms with Crippen LogP contribution in [-0.4, -0.2) is 39.0 Å². The molecule has 4 N–H and O–H groups in total. The molecule has 0 spiro atoms. The minimum atomic E-state index is -0.686. The van der Waals surface area contributed by atoms with Crippen LogP contribution in [0.3, 0.4) is 0 Å². The lowest BCUT2D eigenvalue weighted by atomic mass is 10.4. The molecule has 19 heavy (non-hydrogen) atoms. The molecule has 98 valence electrons. The van der Waals surface area contributed by atoms with Crippen LogP contribution < -0.4 is 11.5 Å². The van der Waals surface area contributed by atoms with Crippen LogP contribution in [0.2, 0.25) is 0 Å². The first kappa shape index (κ1) is 12.5. The highest BCUT2D eigenvalue weighted by Gasteiger charge is 2.16. The van der Waals surface area contributed by atoms with E-state index in [4.69, 9.17) is 11.5 Å². The molecule has 2 aromatic heterocycles. The third-order valence-electron chi connectivity index (χ3n) is 2.26. The monoisotopic (exact) mass is 262 g/mol. The summed E-state index contributed by atoms with van der Waals surface area (Å²) in [6, 6.07) is 2.86. The average molecular weight is 262 g/mol. The molecule has 2 aromatic rings. The molecule has 0 aliphatic carbocycles. The highest BCUT2D eigenvalue weighted by atomic mass is 16.5. The molecule has 9 nitrogen and oxygen atoms in total. The Hall–Kier alpha value is -2.97. The van der Waals surface area contributed by atoms with Crippen molar-refractivity contribution >= 4 is 17.6 Å². The lowest BCUT2D eigenvalue weighted by Crippen LogP contribution is -2.14. The molecule has 2 rings (SSSR count). The van der Waals surface area contributed by atoms with Crippen LogP contribution in [-0.2, 0) is 4.74 Å². The topological polar surface area (TPSA) is 139 Å². The van der Waals surface area contributed by atoms with Crippen LogP contribution in [0, 0.1) is 0 Å². The van der Waals surface area contributed by atoms with Gasteiger partial charge < -0.3 is 16.2 Å². The molecule has 0 fully saturated rings. The average Bonchev–Trinajstić information content (AvgIpc) is 2.80. The second-order valence-electron chi connectivity index (χ2n) is 3.51. The van der Waals surface area contributed by atoms with Crippen LogP contribution in [0.25, 0.3) is 5.82 Å². The number of hydrogen-bond acceptors (Lipinski definition) is 7. The van der Waals surface area contributed by atoms with E-state index in [2.05, 4.69) is 20.0 Å². The largest absolute Gasteiger partial charge is 0.464 e. The molecule has 0 saturated carbocycles. The highest BCUT2D eigenvalue weighted by molar-refractivity contribution is 5.92. The predicted molar refractivity (Wildman–Crippen MR) is 63.4 cm³/mol. The second kappa shape index (κ2) is 4.72. The van der Waals surface area contributed by atoms with Crippen LogP contribution in [0.15, 0.2) is 18.3 Å². The second-order valence-corrected chi connectivity index (χ2v) is 3.51. The fourth-order valence-electron chi connectivity index (χ4n) is 1.34. The highest BCUT2D eigenvalue weighted by Crippen LogP contribution is 2.13. The molecule has 1 amide bonds. The Balaban J connectivity index is 2.37. The van der Waals surface area contributed by atoms with Crippen molar-refractivity contribution < 1.29 is 14.3 Å². The Morgan fingerprint density at radius 2 is 2.05 bits per heavy atom. The van der Waals surface area contributed by atoms with Crippen molar-refractivity contribution in [2.24, 2.45) is 5.73 Å². The van der Waals surface area contributed by atoms with E-state index in [0.29, 0.717) is 0 Å². The molecule has 0 atom stereocenters. The summed E-state index contributed by atoms with van der Waals surface area (Å²) in [7, 11) is 1.22. The van der Waals surface area contributed by atoms with Gasteiger partial charge >= 0.3 is 5.97 Å². The summed E-state index contributed by atoms with van der Waals surface area (Å²) in [5, 5.41) is 11.3.